The second kappa shape index (κ2) is 5.81. The Morgan fingerprint density at radius 2 is 1.55 bits per heavy atom. The lowest BCUT2D eigenvalue weighted by Crippen LogP contribution is -2.06. The quantitative estimate of drug-likeness (QED) is 0.666. The minimum absolute atomic E-state index is 0.0813. The molecule has 1 N–H and O–H groups in total. The van der Waals surface area contributed by atoms with Gasteiger partial charge in [0.05, 0.1) is 11.1 Å². The van der Waals surface area contributed by atoms with E-state index in [1.54, 1.807) is 0 Å². The van der Waals surface area contributed by atoms with Crippen molar-refractivity contribution in [2.24, 2.45) is 0 Å². The summed E-state index contributed by atoms with van der Waals surface area (Å²) >= 11 is 5.51. The molecule has 0 spiro atoms. The summed E-state index contributed by atoms with van der Waals surface area (Å²) in [6.07, 6.45) is -1.58. The summed E-state index contributed by atoms with van der Waals surface area (Å²) in [5.74, 6) is -4.34. The van der Waals surface area contributed by atoms with Gasteiger partial charge in [0, 0.05) is 18.1 Å². The highest BCUT2D eigenvalue weighted by Gasteiger charge is 2.17. The van der Waals surface area contributed by atoms with Gasteiger partial charge in [0.25, 0.3) is 0 Å². The highest BCUT2D eigenvalue weighted by Crippen LogP contribution is 2.25. The molecule has 2 aromatic carbocycles. The molecule has 1 unspecified atom stereocenters. The minimum atomic E-state index is -1.43. The average Bonchev–Trinajstić information content (AvgIpc) is 2.38. The van der Waals surface area contributed by atoms with E-state index in [0.717, 1.165) is 6.07 Å². The molecule has 0 radical (unpaired) electrons. The Morgan fingerprint density at radius 3 is 2.20 bits per heavy atom. The van der Waals surface area contributed by atoms with E-state index in [0.29, 0.717) is 17.7 Å². The molecule has 1 nitrogen and oxygen atoms in total. The van der Waals surface area contributed by atoms with Crippen LogP contribution < -0.4 is 0 Å². The highest BCUT2D eigenvalue weighted by atomic mass is 35.5. The van der Waals surface area contributed by atoms with Crippen LogP contribution in [0.4, 0.5) is 17.6 Å². The van der Waals surface area contributed by atoms with Gasteiger partial charge in [0.1, 0.15) is 11.6 Å². The molecule has 2 rings (SSSR count). The molecule has 0 aromatic heterocycles. The molecule has 1 atom stereocenters. The first-order valence-electron chi connectivity index (χ1n) is 5.65. The van der Waals surface area contributed by atoms with E-state index in [1.165, 1.54) is 12.1 Å². The Bertz CT molecular complexity index is 645. The van der Waals surface area contributed by atoms with Crippen LogP contribution in [0.3, 0.4) is 0 Å². The lowest BCUT2D eigenvalue weighted by atomic mass is 10.0. The average molecular weight is 305 g/mol. The molecular formula is C14H9ClF4O. The van der Waals surface area contributed by atoms with Crippen molar-refractivity contribution < 1.29 is 22.7 Å². The van der Waals surface area contributed by atoms with Crippen molar-refractivity contribution in [2.45, 2.75) is 12.5 Å². The zero-order chi connectivity index (χ0) is 14.9. The second-order valence-electron chi connectivity index (χ2n) is 4.26. The summed E-state index contributed by atoms with van der Waals surface area (Å²) in [6, 6.07) is 4.77. The lowest BCUT2D eigenvalue weighted by molar-refractivity contribution is 0.172. The number of benzene rings is 2. The lowest BCUT2D eigenvalue weighted by Gasteiger charge is -2.13. The normalized spacial score (nSPS) is 12.5. The Labute approximate surface area is 117 Å². The minimum Gasteiger partial charge on any atom is -0.388 e. The highest BCUT2D eigenvalue weighted by molar-refractivity contribution is 6.30. The Kier molecular flexibility index (Phi) is 4.30. The number of aliphatic hydroxyl groups excluding tert-OH is 1. The third-order valence-electron chi connectivity index (χ3n) is 2.81. The summed E-state index contributed by atoms with van der Waals surface area (Å²) in [5, 5.41) is 9.76. The number of aliphatic hydroxyl groups is 1. The van der Waals surface area contributed by atoms with Crippen molar-refractivity contribution in [3.63, 3.8) is 0 Å². The summed E-state index contributed by atoms with van der Waals surface area (Å²) in [7, 11) is 0. The van der Waals surface area contributed by atoms with Crippen molar-refractivity contribution in [1.82, 2.24) is 0 Å². The maximum absolute atomic E-state index is 13.5. The van der Waals surface area contributed by atoms with Crippen LogP contribution in [0.5, 0.6) is 0 Å². The molecule has 0 saturated carbocycles. The van der Waals surface area contributed by atoms with E-state index in [2.05, 4.69) is 0 Å². The van der Waals surface area contributed by atoms with Crippen molar-refractivity contribution in [2.75, 3.05) is 0 Å². The number of hydrogen-bond acceptors (Lipinski definition) is 1. The van der Waals surface area contributed by atoms with Crippen molar-refractivity contribution >= 4 is 11.6 Å². The van der Waals surface area contributed by atoms with Crippen LogP contribution in [-0.2, 0) is 6.42 Å². The smallest absolute Gasteiger partial charge is 0.161 e. The first-order chi connectivity index (χ1) is 9.38. The molecule has 20 heavy (non-hydrogen) atoms. The van der Waals surface area contributed by atoms with Gasteiger partial charge in [-0.3, -0.25) is 0 Å². The summed E-state index contributed by atoms with van der Waals surface area (Å²) in [6.45, 7) is 0. The van der Waals surface area contributed by atoms with E-state index in [1.807, 2.05) is 0 Å². The molecule has 0 saturated heterocycles. The summed E-state index contributed by atoms with van der Waals surface area (Å²) in [4.78, 5) is 0. The summed E-state index contributed by atoms with van der Waals surface area (Å²) in [5.41, 5.74) is -0.0391. The van der Waals surface area contributed by atoms with Crippen molar-refractivity contribution in [1.29, 1.82) is 0 Å². The fourth-order valence-corrected chi connectivity index (χ4v) is 1.91. The molecule has 0 aliphatic rings. The molecule has 0 aliphatic carbocycles. The zero-order valence-corrected chi connectivity index (χ0v) is 10.8. The Balaban J connectivity index is 2.25. The van der Waals surface area contributed by atoms with E-state index in [-0.39, 0.29) is 17.0 Å². The van der Waals surface area contributed by atoms with Crippen LogP contribution in [0.25, 0.3) is 0 Å². The van der Waals surface area contributed by atoms with Gasteiger partial charge in [0.15, 0.2) is 11.6 Å². The van der Waals surface area contributed by atoms with Gasteiger partial charge in [-0.25, -0.2) is 17.6 Å². The largest absolute Gasteiger partial charge is 0.388 e. The third kappa shape index (κ3) is 3.11. The first-order valence-corrected chi connectivity index (χ1v) is 6.02. The number of hydrogen-bond donors (Lipinski definition) is 1. The van der Waals surface area contributed by atoms with Crippen molar-refractivity contribution in [3.05, 3.63) is 69.8 Å². The van der Waals surface area contributed by atoms with Gasteiger partial charge in [0.2, 0.25) is 0 Å². The van der Waals surface area contributed by atoms with Gasteiger partial charge < -0.3 is 5.11 Å². The van der Waals surface area contributed by atoms with Gasteiger partial charge in [-0.15, -0.1) is 0 Å². The standard InChI is InChI=1S/C14H9ClF4O/c15-9-2-1-7(3-11(9)17)4-14(20)8-5-12(18)13(19)6-10(8)16/h1-3,5-6,14,20H,4H2. The van der Waals surface area contributed by atoms with E-state index < -0.39 is 29.4 Å². The van der Waals surface area contributed by atoms with Crippen LogP contribution in [0.2, 0.25) is 5.02 Å². The monoisotopic (exact) mass is 304 g/mol. The van der Waals surface area contributed by atoms with Crippen LogP contribution in [0.1, 0.15) is 17.2 Å². The molecular weight excluding hydrogens is 296 g/mol. The molecule has 6 heteroatoms. The number of halogens is 5. The fourth-order valence-electron chi connectivity index (χ4n) is 1.79. The van der Waals surface area contributed by atoms with E-state index in [4.69, 9.17) is 11.6 Å². The first kappa shape index (κ1) is 14.8. The number of rotatable bonds is 3. The SMILES string of the molecule is OC(Cc1ccc(Cl)c(F)c1)c1cc(F)c(F)cc1F. The maximum atomic E-state index is 13.5. The van der Waals surface area contributed by atoms with Gasteiger partial charge in [-0.2, -0.15) is 0 Å². The molecule has 0 aliphatic heterocycles. The topological polar surface area (TPSA) is 20.2 Å². The molecule has 2 aromatic rings. The van der Waals surface area contributed by atoms with E-state index in [9.17, 15) is 22.7 Å². The predicted molar refractivity (Wildman–Crippen MR) is 66.4 cm³/mol. The van der Waals surface area contributed by atoms with Crippen LogP contribution >= 0.6 is 11.6 Å². The zero-order valence-electron chi connectivity index (χ0n) is 10.0. The molecule has 0 heterocycles. The fraction of sp³-hybridized carbons (Fsp3) is 0.143. The van der Waals surface area contributed by atoms with Gasteiger partial charge >= 0.3 is 0 Å². The summed E-state index contributed by atoms with van der Waals surface area (Å²) < 4.78 is 52.5. The third-order valence-corrected chi connectivity index (χ3v) is 3.12. The maximum Gasteiger partial charge on any atom is 0.161 e. The van der Waals surface area contributed by atoms with E-state index >= 15 is 0 Å². The van der Waals surface area contributed by atoms with Gasteiger partial charge in [-0.05, 0) is 23.8 Å². The van der Waals surface area contributed by atoms with Gasteiger partial charge in [-0.1, -0.05) is 17.7 Å². The van der Waals surface area contributed by atoms with Crippen LogP contribution in [0, 0.1) is 23.3 Å². The van der Waals surface area contributed by atoms with Crippen molar-refractivity contribution in [3.8, 4) is 0 Å². The van der Waals surface area contributed by atoms with Crippen LogP contribution in [0.15, 0.2) is 30.3 Å². The molecule has 0 bridgehead atoms. The van der Waals surface area contributed by atoms with Crippen LogP contribution in [-0.4, -0.2) is 5.11 Å². The Hall–Kier alpha value is -1.59. The Morgan fingerprint density at radius 1 is 0.900 bits per heavy atom. The molecule has 0 amide bonds. The second-order valence-corrected chi connectivity index (χ2v) is 4.66. The molecule has 106 valence electrons. The predicted octanol–water partition coefficient (Wildman–Crippen LogP) is 4.17. The molecule has 0 fully saturated rings.